The minimum atomic E-state index is 0.829. The highest BCUT2D eigenvalue weighted by Crippen LogP contribution is 2.54. The molecule has 0 radical (unpaired) electrons. The number of anilines is 6. The molecule has 0 unspecified atom stereocenters. The van der Waals surface area contributed by atoms with Crippen LogP contribution in [0.25, 0.3) is 87.3 Å². The van der Waals surface area contributed by atoms with Crippen molar-refractivity contribution in [2.45, 2.75) is 0 Å². The van der Waals surface area contributed by atoms with Crippen LogP contribution in [0, 0.1) is 0 Å². The first-order valence-corrected chi connectivity index (χ1v) is 23.1. The number of rotatable bonds is 8. The number of furan rings is 1. The van der Waals surface area contributed by atoms with Crippen molar-refractivity contribution in [1.82, 2.24) is 0 Å². The Morgan fingerprint density at radius 3 is 1.66 bits per heavy atom. The lowest BCUT2D eigenvalue weighted by Gasteiger charge is -2.30. The first-order valence-electron chi connectivity index (χ1n) is 23.1. The Morgan fingerprint density at radius 2 is 0.882 bits per heavy atom. The van der Waals surface area contributed by atoms with Crippen LogP contribution in [0.5, 0.6) is 11.5 Å². The third-order valence-corrected chi connectivity index (χ3v) is 13.7. The van der Waals surface area contributed by atoms with E-state index in [1.807, 2.05) is 6.07 Å². The van der Waals surface area contributed by atoms with E-state index >= 15 is 0 Å². The average molecular weight is 869 g/mol. The molecule has 0 atom stereocenters. The predicted molar refractivity (Wildman–Crippen MR) is 284 cm³/mol. The Kier molecular flexibility index (Phi) is 8.55. The molecule has 1 aliphatic heterocycles. The van der Waals surface area contributed by atoms with Crippen LogP contribution in [0.1, 0.15) is 0 Å². The van der Waals surface area contributed by atoms with Crippen LogP contribution >= 0.6 is 0 Å². The minimum absolute atomic E-state index is 0.829. The van der Waals surface area contributed by atoms with Gasteiger partial charge in [0.05, 0.1) is 17.1 Å². The lowest BCUT2D eigenvalue weighted by atomic mass is 9.91. The summed E-state index contributed by atoms with van der Waals surface area (Å²) in [6, 6.07) is 86.9. The molecule has 0 bridgehead atoms. The van der Waals surface area contributed by atoms with E-state index in [0.29, 0.717) is 0 Å². The molecule has 12 aromatic carbocycles. The summed E-state index contributed by atoms with van der Waals surface area (Å²) in [6.45, 7) is 0. The molecule has 2 heterocycles. The first kappa shape index (κ1) is 38.2. The second-order valence-electron chi connectivity index (χ2n) is 17.7. The second kappa shape index (κ2) is 15.2. The SMILES string of the molecule is c1ccc(-c2cc(-c3ccccc3)cc(N(c3ccccc3)c3cc4c5c(ccc6cc(N(c7ccc8ccccc8c7)c7cccc8c7oc7ccccc78)c7cccc(c7c65)O4)c3)c2)cc1. The van der Waals surface area contributed by atoms with Gasteiger partial charge in [-0.05, 0) is 117 Å². The van der Waals surface area contributed by atoms with E-state index in [0.717, 1.165) is 117 Å². The number of ether oxygens (including phenoxy) is 1. The van der Waals surface area contributed by atoms with Gasteiger partial charge in [-0.3, -0.25) is 0 Å². The number of hydrogen-bond acceptors (Lipinski definition) is 4. The molecular formula is C64H40N2O2. The zero-order chi connectivity index (χ0) is 44.7. The second-order valence-corrected chi connectivity index (χ2v) is 17.7. The lowest BCUT2D eigenvalue weighted by Crippen LogP contribution is -2.12. The summed E-state index contributed by atoms with van der Waals surface area (Å²) in [5.74, 6) is 1.66. The van der Waals surface area contributed by atoms with Crippen LogP contribution in [-0.2, 0) is 0 Å². The first-order chi connectivity index (χ1) is 33.7. The molecule has 1 aliphatic rings. The van der Waals surface area contributed by atoms with Gasteiger partial charge in [0.15, 0.2) is 5.58 Å². The number of para-hydroxylation sites is 3. The van der Waals surface area contributed by atoms with Crippen LogP contribution in [0.2, 0.25) is 0 Å². The Hall–Kier alpha value is -9.12. The molecule has 68 heavy (non-hydrogen) atoms. The molecule has 4 heteroatoms. The van der Waals surface area contributed by atoms with E-state index in [1.165, 1.54) is 16.2 Å². The van der Waals surface area contributed by atoms with E-state index in [4.69, 9.17) is 9.15 Å². The van der Waals surface area contributed by atoms with E-state index in [1.54, 1.807) is 0 Å². The summed E-state index contributed by atoms with van der Waals surface area (Å²) in [5.41, 5.74) is 12.5. The maximum Gasteiger partial charge on any atom is 0.159 e. The summed E-state index contributed by atoms with van der Waals surface area (Å²) in [5, 5.41) is 11.3. The van der Waals surface area contributed by atoms with Gasteiger partial charge in [0.25, 0.3) is 0 Å². The molecule has 4 nitrogen and oxygen atoms in total. The number of nitrogens with zero attached hydrogens (tertiary/aromatic N) is 2. The molecule has 1 aromatic heterocycles. The Labute approximate surface area is 392 Å². The van der Waals surface area contributed by atoms with Gasteiger partial charge in [-0.15, -0.1) is 0 Å². The van der Waals surface area contributed by atoms with Crippen molar-refractivity contribution in [3.63, 3.8) is 0 Å². The molecule has 0 amide bonds. The van der Waals surface area contributed by atoms with E-state index in [2.05, 4.69) is 246 Å². The third kappa shape index (κ3) is 6.08. The Morgan fingerprint density at radius 1 is 0.279 bits per heavy atom. The van der Waals surface area contributed by atoms with Gasteiger partial charge in [0, 0.05) is 55.4 Å². The molecule has 0 saturated heterocycles. The van der Waals surface area contributed by atoms with Crippen LogP contribution in [-0.4, -0.2) is 0 Å². The van der Waals surface area contributed by atoms with Crippen molar-refractivity contribution >= 4 is 99.2 Å². The molecule has 14 rings (SSSR count). The monoisotopic (exact) mass is 868 g/mol. The highest BCUT2D eigenvalue weighted by atomic mass is 16.5. The van der Waals surface area contributed by atoms with Crippen molar-refractivity contribution in [1.29, 1.82) is 0 Å². The van der Waals surface area contributed by atoms with Crippen LogP contribution in [0.4, 0.5) is 34.1 Å². The third-order valence-electron chi connectivity index (χ3n) is 13.7. The number of fused-ring (bicyclic) bond motifs is 4. The number of benzene rings is 12. The summed E-state index contributed by atoms with van der Waals surface area (Å²) in [7, 11) is 0. The highest BCUT2D eigenvalue weighted by Gasteiger charge is 2.28. The van der Waals surface area contributed by atoms with E-state index < -0.39 is 0 Å². The van der Waals surface area contributed by atoms with Gasteiger partial charge in [-0.2, -0.15) is 0 Å². The fraction of sp³-hybridized carbons (Fsp3) is 0. The molecule has 318 valence electrons. The van der Waals surface area contributed by atoms with Gasteiger partial charge in [0.2, 0.25) is 0 Å². The fourth-order valence-corrected chi connectivity index (χ4v) is 10.6. The number of hydrogen-bond donors (Lipinski definition) is 0. The molecule has 0 spiro atoms. The van der Waals surface area contributed by atoms with Crippen LogP contribution in [0.15, 0.2) is 247 Å². The molecule has 0 saturated carbocycles. The Bertz CT molecular complexity index is 4070. The van der Waals surface area contributed by atoms with Crippen molar-refractivity contribution in [2.75, 3.05) is 9.80 Å². The van der Waals surface area contributed by atoms with E-state index in [-0.39, 0.29) is 0 Å². The zero-order valence-electron chi connectivity index (χ0n) is 36.8. The Balaban J connectivity index is 0.995. The van der Waals surface area contributed by atoms with Crippen molar-refractivity contribution in [2.24, 2.45) is 0 Å². The summed E-state index contributed by atoms with van der Waals surface area (Å²) >= 11 is 0. The maximum atomic E-state index is 7.18. The average Bonchev–Trinajstić information content (AvgIpc) is 3.79. The smallest absolute Gasteiger partial charge is 0.159 e. The quantitative estimate of drug-likeness (QED) is 0.142. The molecular weight excluding hydrogens is 829 g/mol. The largest absolute Gasteiger partial charge is 0.456 e. The highest BCUT2D eigenvalue weighted by molar-refractivity contribution is 6.28. The molecule has 0 N–H and O–H groups in total. The standard InChI is InChI=1S/C64H40N2O2/c1-4-16-41(17-5-1)47-34-48(42-18-6-2-7-19-42)38-51(37-47)65(49-22-8-3-9-23-49)52-36-45-30-31-46-39-57(55-26-15-29-59-63(55)62(46)61(45)60(40-52)67-59)66(50-33-32-43-20-10-11-21-44(43)35-50)56-27-14-25-54-53-24-12-13-28-58(53)68-64(54)56/h1-40H. The van der Waals surface area contributed by atoms with Crippen molar-refractivity contribution in [3.8, 4) is 33.8 Å². The summed E-state index contributed by atoms with van der Waals surface area (Å²) in [6.07, 6.45) is 0. The normalized spacial score (nSPS) is 11.9. The van der Waals surface area contributed by atoms with Gasteiger partial charge < -0.3 is 19.0 Å². The van der Waals surface area contributed by atoms with Crippen molar-refractivity contribution in [3.05, 3.63) is 243 Å². The van der Waals surface area contributed by atoms with Gasteiger partial charge in [-0.25, -0.2) is 0 Å². The maximum absolute atomic E-state index is 7.18. The summed E-state index contributed by atoms with van der Waals surface area (Å²) < 4.78 is 14.0. The topological polar surface area (TPSA) is 28.9 Å². The predicted octanol–water partition coefficient (Wildman–Crippen LogP) is 18.6. The lowest BCUT2D eigenvalue weighted by molar-refractivity contribution is 0.493. The fourth-order valence-electron chi connectivity index (χ4n) is 10.6. The van der Waals surface area contributed by atoms with Gasteiger partial charge in [-0.1, -0.05) is 164 Å². The van der Waals surface area contributed by atoms with E-state index in [9.17, 15) is 0 Å². The minimum Gasteiger partial charge on any atom is -0.456 e. The van der Waals surface area contributed by atoms with Gasteiger partial charge >= 0.3 is 0 Å². The zero-order valence-corrected chi connectivity index (χ0v) is 36.8. The van der Waals surface area contributed by atoms with Crippen molar-refractivity contribution < 1.29 is 9.15 Å². The van der Waals surface area contributed by atoms with Crippen LogP contribution in [0.3, 0.4) is 0 Å². The summed E-state index contributed by atoms with van der Waals surface area (Å²) in [4.78, 5) is 4.74. The molecule has 0 aliphatic carbocycles. The van der Waals surface area contributed by atoms with Gasteiger partial charge in [0.1, 0.15) is 17.1 Å². The molecule has 0 fully saturated rings. The van der Waals surface area contributed by atoms with Crippen LogP contribution < -0.4 is 14.5 Å². The molecule has 13 aromatic rings.